The van der Waals surface area contributed by atoms with Gasteiger partial charge < -0.3 is 4.90 Å². The Morgan fingerprint density at radius 1 is 1.26 bits per heavy atom. The first-order valence-corrected chi connectivity index (χ1v) is 7.54. The third-order valence-electron chi connectivity index (χ3n) is 3.94. The topological polar surface area (TPSA) is 55.5 Å². The number of halogens is 3. The molecule has 2 aromatic rings. The average molecular weight is 329 g/mol. The van der Waals surface area contributed by atoms with Crippen LogP contribution in [0.1, 0.15) is 38.3 Å². The molecule has 3 rings (SSSR count). The van der Waals surface area contributed by atoms with E-state index in [-0.39, 0.29) is 5.92 Å². The van der Waals surface area contributed by atoms with Gasteiger partial charge in [-0.05, 0) is 24.8 Å². The number of aromatic nitrogens is 4. The van der Waals surface area contributed by atoms with Gasteiger partial charge in [0.05, 0.1) is 17.5 Å². The second-order valence-corrected chi connectivity index (χ2v) is 5.96. The Labute approximate surface area is 131 Å². The van der Waals surface area contributed by atoms with Crippen LogP contribution in [0, 0.1) is 0 Å². The van der Waals surface area contributed by atoms with Crippen molar-refractivity contribution in [3.63, 3.8) is 0 Å². The zero-order chi connectivity index (χ0) is 16.6. The van der Waals surface area contributed by atoms with Crippen molar-refractivity contribution < 1.29 is 17.9 Å². The highest BCUT2D eigenvalue weighted by atomic mass is 19.4. The van der Waals surface area contributed by atoms with Crippen LogP contribution in [0.4, 0.5) is 18.9 Å². The lowest BCUT2D eigenvalue weighted by atomic mass is 10.1. The molecule has 0 unspecified atom stereocenters. The lowest BCUT2D eigenvalue weighted by Gasteiger charge is -2.33. The van der Waals surface area contributed by atoms with E-state index in [2.05, 4.69) is 20.0 Å². The zero-order valence-electron chi connectivity index (χ0n) is 12.9. The average Bonchev–Trinajstić information content (AvgIpc) is 2.93. The van der Waals surface area contributed by atoms with E-state index in [4.69, 9.17) is 0 Å². The largest absolute Gasteiger partial charge is 0.522 e. The molecule has 0 bridgehead atoms. The van der Waals surface area contributed by atoms with Gasteiger partial charge in [0.25, 0.3) is 0 Å². The summed E-state index contributed by atoms with van der Waals surface area (Å²) in [6.45, 7) is 5.02. The highest BCUT2D eigenvalue weighted by Crippen LogP contribution is 2.29. The summed E-state index contributed by atoms with van der Waals surface area (Å²) in [6.07, 6.45) is -3.19. The van der Waals surface area contributed by atoms with Crippen LogP contribution in [0.2, 0.25) is 0 Å². The van der Waals surface area contributed by atoms with Crippen LogP contribution < -0.4 is 4.90 Å². The Morgan fingerprint density at radius 3 is 2.57 bits per heavy atom. The van der Waals surface area contributed by atoms with Gasteiger partial charge in [0.15, 0.2) is 0 Å². The summed E-state index contributed by atoms with van der Waals surface area (Å²) in [5, 5.41) is 12.4. The first kappa shape index (κ1) is 16.0. The number of anilines is 1. The predicted octanol–water partition coefficient (Wildman–Crippen LogP) is 2.75. The number of ether oxygens (including phenoxy) is 1. The molecule has 0 radical (unpaired) electrons. The van der Waals surface area contributed by atoms with E-state index in [1.807, 2.05) is 24.8 Å². The fourth-order valence-corrected chi connectivity index (χ4v) is 2.75. The molecular formula is C14H18F3N5O. The van der Waals surface area contributed by atoms with E-state index in [0.29, 0.717) is 31.6 Å². The highest BCUT2D eigenvalue weighted by molar-refractivity contribution is 5.68. The summed E-state index contributed by atoms with van der Waals surface area (Å²) >= 11 is 0. The molecule has 126 valence electrons. The fourth-order valence-electron chi connectivity index (χ4n) is 2.75. The minimum Gasteiger partial charge on any atom is -0.368 e. The van der Waals surface area contributed by atoms with Crippen LogP contribution >= 0.6 is 0 Å². The molecule has 0 amide bonds. The maximum Gasteiger partial charge on any atom is 0.522 e. The van der Waals surface area contributed by atoms with Gasteiger partial charge in [0.1, 0.15) is 6.33 Å². The van der Waals surface area contributed by atoms with Crippen LogP contribution in [-0.4, -0.2) is 45.4 Å². The Morgan fingerprint density at radius 2 is 1.96 bits per heavy atom. The van der Waals surface area contributed by atoms with Crippen LogP contribution in [0.5, 0.6) is 0 Å². The minimum absolute atomic E-state index is 0.228. The first-order valence-electron chi connectivity index (χ1n) is 7.54. The summed E-state index contributed by atoms with van der Waals surface area (Å²) in [5.41, 5.74) is 2.36. The second-order valence-electron chi connectivity index (χ2n) is 5.96. The van der Waals surface area contributed by atoms with Gasteiger partial charge in [-0.3, -0.25) is 4.74 Å². The van der Waals surface area contributed by atoms with Gasteiger partial charge in [-0.2, -0.15) is 9.61 Å². The van der Waals surface area contributed by atoms with E-state index >= 15 is 0 Å². The number of piperidine rings is 1. The van der Waals surface area contributed by atoms with Crippen molar-refractivity contribution in [2.24, 2.45) is 0 Å². The third-order valence-corrected chi connectivity index (χ3v) is 3.94. The van der Waals surface area contributed by atoms with Crippen molar-refractivity contribution in [3.05, 3.63) is 18.1 Å². The monoisotopic (exact) mass is 329 g/mol. The lowest BCUT2D eigenvalue weighted by Crippen LogP contribution is -2.39. The molecule has 0 saturated carbocycles. The van der Waals surface area contributed by atoms with Crippen molar-refractivity contribution in [2.45, 2.75) is 45.1 Å². The Kier molecular flexibility index (Phi) is 4.13. The van der Waals surface area contributed by atoms with Gasteiger partial charge in [-0.15, -0.1) is 23.4 Å². The molecule has 1 saturated heterocycles. The smallest absolute Gasteiger partial charge is 0.368 e. The molecular weight excluding hydrogens is 311 g/mol. The van der Waals surface area contributed by atoms with E-state index in [0.717, 1.165) is 11.4 Å². The van der Waals surface area contributed by atoms with E-state index in [1.54, 1.807) is 4.52 Å². The standard InChI is InChI=1S/C14H18F3N5O/c1-9(2)11-7-12(13-19-18-8-22(13)20-11)21-5-3-10(4-6-21)23-14(15,16)17/h7-10H,3-6H2,1-2H3. The quantitative estimate of drug-likeness (QED) is 0.867. The fraction of sp³-hybridized carbons (Fsp3) is 0.643. The summed E-state index contributed by atoms with van der Waals surface area (Å²) in [6, 6.07) is 1.94. The Bertz CT molecular complexity index is 677. The molecule has 0 spiro atoms. The molecule has 0 aromatic carbocycles. The number of alkyl halides is 3. The molecule has 0 atom stereocenters. The molecule has 3 heterocycles. The van der Waals surface area contributed by atoms with Crippen molar-refractivity contribution in [3.8, 4) is 0 Å². The van der Waals surface area contributed by atoms with Crippen molar-refractivity contribution in [1.29, 1.82) is 0 Å². The molecule has 9 heteroatoms. The van der Waals surface area contributed by atoms with Gasteiger partial charge in [-0.1, -0.05) is 13.8 Å². The molecule has 0 aliphatic carbocycles. The molecule has 2 aromatic heterocycles. The summed E-state index contributed by atoms with van der Waals surface area (Å²) in [4.78, 5) is 2.02. The highest BCUT2D eigenvalue weighted by Gasteiger charge is 2.35. The van der Waals surface area contributed by atoms with Crippen molar-refractivity contribution in [2.75, 3.05) is 18.0 Å². The normalized spacial score (nSPS) is 17.4. The summed E-state index contributed by atoms with van der Waals surface area (Å²) in [5.74, 6) is 0.228. The molecule has 1 aliphatic rings. The van der Waals surface area contributed by atoms with Crippen LogP contribution in [0.3, 0.4) is 0 Å². The van der Waals surface area contributed by atoms with Gasteiger partial charge >= 0.3 is 6.36 Å². The van der Waals surface area contributed by atoms with E-state index < -0.39 is 12.5 Å². The number of rotatable bonds is 3. The van der Waals surface area contributed by atoms with Gasteiger partial charge in [-0.25, -0.2) is 0 Å². The summed E-state index contributed by atoms with van der Waals surface area (Å²) in [7, 11) is 0. The number of hydrogen-bond donors (Lipinski definition) is 0. The van der Waals surface area contributed by atoms with E-state index in [9.17, 15) is 13.2 Å². The van der Waals surface area contributed by atoms with Gasteiger partial charge in [0, 0.05) is 13.1 Å². The predicted molar refractivity (Wildman–Crippen MR) is 77.2 cm³/mol. The first-order chi connectivity index (χ1) is 10.8. The Hall–Kier alpha value is -1.90. The number of fused-ring (bicyclic) bond motifs is 1. The molecule has 6 nitrogen and oxygen atoms in total. The van der Waals surface area contributed by atoms with Crippen LogP contribution in [0.15, 0.2) is 12.4 Å². The lowest BCUT2D eigenvalue weighted by molar-refractivity contribution is -0.344. The maximum atomic E-state index is 12.3. The minimum atomic E-state index is -4.57. The Balaban J connectivity index is 1.80. The zero-order valence-corrected chi connectivity index (χ0v) is 12.9. The molecule has 1 aliphatic heterocycles. The molecule has 0 N–H and O–H groups in total. The molecule has 23 heavy (non-hydrogen) atoms. The van der Waals surface area contributed by atoms with Gasteiger partial charge in [0.2, 0.25) is 5.65 Å². The second kappa shape index (κ2) is 5.95. The van der Waals surface area contributed by atoms with Crippen molar-refractivity contribution >= 4 is 11.3 Å². The van der Waals surface area contributed by atoms with Crippen LogP contribution in [-0.2, 0) is 4.74 Å². The number of nitrogens with zero attached hydrogens (tertiary/aromatic N) is 5. The SMILES string of the molecule is CC(C)c1cc(N2CCC(OC(F)(F)F)CC2)c2nncn2n1. The molecule has 1 fully saturated rings. The number of hydrogen-bond acceptors (Lipinski definition) is 5. The van der Waals surface area contributed by atoms with E-state index in [1.165, 1.54) is 6.33 Å². The summed E-state index contributed by atoms with van der Waals surface area (Å²) < 4.78 is 42.6. The van der Waals surface area contributed by atoms with Crippen molar-refractivity contribution in [1.82, 2.24) is 19.8 Å². The third kappa shape index (κ3) is 3.54. The maximum absolute atomic E-state index is 12.3. The van der Waals surface area contributed by atoms with Crippen LogP contribution in [0.25, 0.3) is 5.65 Å².